The van der Waals surface area contributed by atoms with Gasteiger partial charge in [0, 0.05) is 10.9 Å². The van der Waals surface area contributed by atoms with Crippen LogP contribution >= 0.6 is 23.5 Å². The Morgan fingerprint density at radius 3 is 2.32 bits per heavy atom. The standard InChI is InChI=1S/C14H15NO2S2/c1-9(2)15-13(16)12(19-14(15)17)8-10-4-6-11(18-3)7-5-10/h4-9H,1-3H3/b12-8+. The van der Waals surface area contributed by atoms with Gasteiger partial charge in [0.1, 0.15) is 0 Å². The van der Waals surface area contributed by atoms with Crippen LogP contribution in [0.3, 0.4) is 0 Å². The first kappa shape index (κ1) is 14.2. The molecule has 0 aliphatic carbocycles. The number of thioether (sulfide) groups is 2. The molecule has 0 radical (unpaired) electrons. The number of carbonyl (C=O) groups is 2. The molecule has 2 rings (SSSR count). The molecule has 1 aromatic carbocycles. The molecule has 0 atom stereocenters. The first-order valence-electron chi connectivity index (χ1n) is 5.94. The van der Waals surface area contributed by atoms with Gasteiger partial charge in [0.25, 0.3) is 11.1 Å². The fraction of sp³-hybridized carbons (Fsp3) is 0.286. The van der Waals surface area contributed by atoms with Gasteiger partial charge in [-0.1, -0.05) is 12.1 Å². The van der Waals surface area contributed by atoms with Crippen LogP contribution in [-0.2, 0) is 4.79 Å². The monoisotopic (exact) mass is 293 g/mol. The third-order valence-corrected chi connectivity index (χ3v) is 4.38. The van der Waals surface area contributed by atoms with Crippen LogP contribution in [-0.4, -0.2) is 28.3 Å². The molecular weight excluding hydrogens is 278 g/mol. The van der Waals surface area contributed by atoms with E-state index in [1.165, 1.54) is 9.80 Å². The van der Waals surface area contributed by atoms with E-state index in [0.717, 1.165) is 17.3 Å². The summed E-state index contributed by atoms with van der Waals surface area (Å²) in [7, 11) is 0. The van der Waals surface area contributed by atoms with E-state index in [4.69, 9.17) is 0 Å². The van der Waals surface area contributed by atoms with Gasteiger partial charge < -0.3 is 0 Å². The highest BCUT2D eigenvalue weighted by atomic mass is 32.2. The topological polar surface area (TPSA) is 37.4 Å². The lowest BCUT2D eigenvalue weighted by Crippen LogP contribution is -2.34. The van der Waals surface area contributed by atoms with Gasteiger partial charge in [0.2, 0.25) is 0 Å². The molecule has 1 fully saturated rings. The fourth-order valence-electron chi connectivity index (χ4n) is 1.78. The van der Waals surface area contributed by atoms with Gasteiger partial charge in [-0.25, -0.2) is 0 Å². The number of nitrogens with zero attached hydrogens (tertiary/aromatic N) is 1. The predicted octanol–water partition coefficient (Wildman–Crippen LogP) is 3.85. The largest absolute Gasteiger partial charge is 0.293 e. The summed E-state index contributed by atoms with van der Waals surface area (Å²) in [6, 6.07) is 7.81. The molecule has 0 N–H and O–H groups in total. The van der Waals surface area contributed by atoms with E-state index in [0.29, 0.717) is 4.91 Å². The van der Waals surface area contributed by atoms with Gasteiger partial charge in [-0.15, -0.1) is 11.8 Å². The molecule has 1 aliphatic rings. The van der Waals surface area contributed by atoms with E-state index in [1.54, 1.807) is 17.8 Å². The zero-order chi connectivity index (χ0) is 14.0. The Morgan fingerprint density at radius 2 is 1.84 bits per heavy atom. The van der Waals surface area contributed by atoms with Crippen molar-refractivity contribution in [2.75, 3.05) is 6.26 Å². The summed E-state index contributed by atoms with van der Waals surface area (Å²) < 4.78 is 0. The zero-order valence-corrected chi connectivity index (χ0v) is 12.7. The van der Waals surface area contributed by atoms with Gasteiger partial charge >= 0.3 is 0 Å². The van der Waals surface area contributed by atoms with Gasteiger partial charge in [0.05, 0.1) is 4.91 Å². The van der Waals surface area contributed by atoms with Crippen molar-refractivity contribution < 1.29 is 9.59 Å². The van der Waals surface area contributed by atoms with E-state index >= 15 is 0 Å². The van der Waals surface area contributed by atoms with Crippen LogP contribution in [0, 0.1) is 0 Å². The Kier molecular flexibility index (Phi) is 4.37. The number of hydrogen-bond acceptors (Lipinski definition) is 4. The SMILES string of the molecule is CSc1ccc(/C=C2/SC(=O)N(C(C)C)C2=O)cc1. The second-order valence-electron chi connectivity index (χ2n) is 4.42. The molecule has 0 unspecified atom stereocenters. The summed E-state index contributed by atoms with van der Waals surface area (Å²) in [4.78, 5) is 26.8. The minimum atomic E-state index is -0.195. The van der Waals surface area contributed by atoms with Crippen LogP contribution in [0.4, 0.5) is 4.79 Å². The van der Waals surface area contributed by atoms with Crippen LogP contribution < -0.4 is 0 Å². The molecule has 0 bridgehead atoms. The Hall–Kier alpha value is -1.20. The first-order chi connectivity index (χ1) is 9.02. The number of carbonyl (C=O) groups excluding carboxylic acids is 2. The molecule has 100 valence electrons. The van der Waals surface area contributed by atoms with Crippen molar-refractivity contribution in [1.29, 1.82) is 0 Å². The highest BCUT2D eigenvalue weighted by molar-refractivity contribution is 8.18. The summed E-state index contributed by atoms with van der Waals surface area (Å²) in [5.41, 5.74) is 0.937. The predicted molar refractivity (Wildman–Crippen MR) is 81.2 cm³/mol. The minimum Gasteiger partial charge on any atom is -0.268 e. The van der Waals surface area contributed by atoms with Crippen molar-refractivity contribution in [3.63, 3.8) is 0 Å². The second kappa shape index (κ2) is 5.84. The molecule has 1 saturated heterocycles. The molecule has 1 heterocycles. The van der Waals surface area contributed by atoms with E-state index in [9.17, 15) is 9.59 Å². The Balaban J connectivity index is 2.24. The molecular formula is C14H15NO2S2. The van der Waals surface area contributed by atoms with E-state index in [-0.39, 0.29) is 17.2 Å². The number of imide groups is 1. The lowest BCUT2D eigenvalue weighted by Gasteiger charge is -2.16. The number of amides is 2. The van der Waals surface area contributed by atoms with E-state index in [1.807, 2.05) is 44.4 Å². The van der Waals surface area contributed by atoms with Crippen molar-refractivity contribution in [3.8, 4) is 0 Å². The summed E-state index contributed by atoms with van der Waals surface area (Å²) in [6.45, 7) is 3.68. The second-order valence-corrected chi connectivity index (χ2v) is 6.29. The zero-order valence-electron chi connectivity index (χ0n) is 11.0. The van der Waals surface area contributed by atoms with Crippen LogP contribution in [0.25, 0.3) is 6.08 Å². The summed E-state index contributed by atoms with van der Waals surface area (Å²) in [5.74, 6) is -0.195. The highest BCUT2D eigenvalue weighted by Crippen LogP contribution is 2.33. The smallest absolute Gasteiger partial charge is 0.268 e. The van der Waals surface area contributed by atoms with Crippen molar-refractivity contribution in [1.82, 2.24) is 4.90 Å². The number of hydrogen-bond donors (Lipinski definition) is 0. The average Bonchev–Trinajstić information content (AvgIpc) is 2.65. The summed E-state index contributed by atoms with van der Waals surface area (Å²) in [5, 5.41) is -0.188. The molecule has 0 spiro atoms. The van der Waals surface area contributed by atoms with Crippen LogP contribution in [0.5, 0.6) is 0 Å². The van der Waals surface area contributed by atoms with Crippen LogP contribution in [0.15, 0.2) is 34.1 Å². The highest BCUT2D eigenvalue weighted by Gasteiger charge is 2.36. The molecule has 3 nitrogen and oxygen atoms in total. The van der Waals surface area contributed by atoms with E-state index < -0.39 is 0 Å². The molecule has 0 saturated carbocycles. The molecule has 5 heteroatoms. The van der Waals surface area contributed by atoms with Crippen molar-refractivity contribution in [3.05, 3.63) is 34.7 Å². The van der Waals surface area contributed by atoms with Gasteiger partial charge in [-0.05, 0) is 55.6 Å². The van der Waals surface area contributed by atoms with Gasteiger partial charge in [-0.3, -0.25) is 14.5 Å². The fourth-order valence-corrected chi connectivity index (χ4v) is 3.15. The molecule has 1 aliphatic heterocycles. The van der Waals surface area contributed by atoms with Crippen molar-refractivity contribution >= 4 is 40.7 Å². The normalized spacial score (nSPS) is 17.9. The lowest BCUT2D eigenvalue weighted by molar-refractivity contribution is -0.123. The summed E-state index contributed by atoms with van der Waals surface area (Å²) in [6.07, 6.45) is 3.79. The van der Waals surface area contributed by atoms with Crippen LogP contribution in [0.2, 0.25) is 0 Å². The van der Waals surface area contributed by atoms with Crippen LogP contribution in [0.1, 0.15) is 19.4 Å². The Labute approximate surface area is 121 Å². The Morgan fingerprint density at radius 1 is 1.21 bits per heavy atom. The first-order valence-corrected chi connectivity index (χ1v) is 7.98. The Bertz CT molecular complexity index is 535. The maximum Gasteiger partial charge on any atom is 0.293 e. The van der Waals surface area contributed by atoms with Gasteiger partial charge in [-0.2, -0.15) is 0 Å². The average molecular weight is 293 g/mol. The van der Waals surface area contributed by atoms with Crippen molar-refractivity contribution in [2.24, 2.45) is 0 Å². The lowest BCUT2D eigenvalue weighted by atomic mass is 10.2. The van der Waals surface area contributed by atoms with Crippen molar-refractivity contribution in [2.45, 2.75) is 24.8 Å². The number of benzene rings is 1. The van der Waals surface area contributed by atoms with Gasteiger partial charge in [0.15, 0.2) is 0 Å². The quantitative estimate of drug-likeness (QED) is 0.626. The molecule has 2 amide bonds. The third kappa shape index (κ3) is 3.04. The third-order valence-electron chi connectivity index (χ3n) is 2.75. The van der Waals surface area contributed by atoms with E-state index in [2.05, 4.69) is 0 Å². The molecule has 0 aromatic heterocycles. The molecule has 1 aromatic rings. The summed E-state index contributed by atoms with van der Waals surface area (Å²) >= 11 is 2.68. The molecule has 19 heavy (non-hydrogen) atoms. The maximum atomic E-state index is 12.1. The minimum absolute atomic E-state index is 0.0998. The number of rotatable bonds is 3. The maximum absolute atomic E-state index is 12.1.